The van der Waals surface area contributed by atoms with Crippen LogP contribution in [0.5, 0.6) is 0 Å². The van der Waals surface area contributed by atoms with Crippen LogP contribution in [-0.2, 0) is 4.79 Å². The molecular weight excluding hydrogens is 388 g/mol. The van der Waals surface area contributed by atoms with Crippen molar-refractivity contribution in [3.8, 4) is 11.4 Å². The van der Waals surface area contributed by atoms with Gasteiger partial charge in [0, 0.05) is 43.0 Å². The van der Waals surface area contributed by atoms with Crippen LogP contribution in [0.1, 0.15) is 18.4 Å². The van der Waals surface area contributed by atoms with Gasteiger partial charge in [0.1, 0.15) is 0 Å². The number of anilines is 1. The summed E-state index contributed by atoms with van der Waals surface area (Å²) in [6.07, 6.45) is 2.10. The Morgan fingerprint density at radius 3 is 2.45 bits per heavy atom. The van der Waals surface area contributed by atoms with Gasteiger partial charge >= 0.3 is 0 Å². The van der Waals surface area contributed by atoms with Crippen LogP contribution in [-0.4, -0.2) is 56.6 Å². The second-order valence-corrected chi connectivity index (χ2v) is 8.51. The highest BCUT2D eigenvalue weighted by molar-refractivity contribution is 5.93. The van der Waals surface area contributed by atoms with Gasteiger partial charge in [-0.05, 0) is 37.5 Å². The van der Waals surface area contributed by atoms with E-state index in [1.54, 1.807) is 0 Å². The molecule has 2 fully saturated rings. The molecule has 4 aromatic rings. The molecule has 3 heterocycles. The summed E-state index contributed by atoms with van der Waals surface area (Å²) in [6, 6.07) is 16.3. The van der Waals surface area contributed by atoms with Crippen molar-refractivity contribution < 1.29 is 4.79 Å². The van der Waals surface area contributed by atoms with E-state index >= 15 is 0 Å². The predicted octanol–water partition coefficient (Wildman–Crippen LogP) is 3.31. The molecule has 0 spiro atoms. The second-order valence-electron chi connectivity index (χ2n) is 8.51. The molecule has 2 aromatic heterocycles. The van der Waals surface area contributed by atoms with Gasteiger partial charge in [-0.1, -0.05) is 36.4 Å². The molecule has 2 aromatic carbocycles. The van der Waals surface area contributed by atoms with Gasteiger partial charge in [0.15, 0.2) is 11.5 Å². The molecule has 1 aliphatic carbocycles. The van der Waals surface area contributed by atoms with Gasteiger partial charge in [-0.15, -0.1) is 10.2 Å². The van der Waals surface area contributed by atoms with E-state index in [1.165, 1.54) is 0 Å². The summed E-state index contributed by atoms with van der Waals surface area (Å²) in [6.45, 7) is 5.06. The Morgan fingerprint density at radius 2 is 1.68 bits per heavy atom. The Labute approximate surface area is 180 Å². The number of piperazine rings is 1. The lowest BCUT2D eigenvalue weighted by molar-refractivity contribution is -0.132. The normalized spacial score (nSPS) is 16.9. The molecule has 1 aliphatic heterocycles. The van der Waals surface area contributed by atoms with Crippen molar-refractivity contribution in [3.63, 3.8) is 0 Å². The van der Waals surface area contributed by atoms with Crippen LogP contribution in [0.3, 0.4) is 0 Å². The third kappa shape index (κ3) is 3.03. The van der Waals surface area contributed by atoms with Crippen LogP contribution < -0.4 is 4.90 Å². The summed E-state index contributed by atoms with van der Waals surface area (Å²) in [4.78, 5) is 21.8. The maximum Gasteiger partial charge on any atom is 0.225 e. The largest absolute Gasteiger partial charge is 0.339 e. The summed E-state index contributed by atoms with van der Waals surface area (Å²) in [5, 5.41) is 10.2. The lowest BCUT2D eigenvalue weighted by atomic mass is 10.1. The van der Waals surface area contributed by atoms with Gasteiger partial charge in [0.2, 0.25) is 11.9 Å². The summed E-state index contributed by atoms with van der Waals surface area (Å²) in [7, 11) is 0. The van der Waals surface area contributed by atoms with Crippen molar-refractivity contribution in [2.75, 3.05) is 31.1 Å². The average molecular weight is 412 g/mol. The van der Waals surface area contributed by atoms with E-state index in [0.717, 1.165) is 78.5 Å². The standard InChI is InChI=1S/C24H24N6O/c1-16-6-2-3-7-18(16)21-26-27-22-19-8-4-5-9-20(19)25-24(30(21)22)29-14-12-28(13-15-29)23(31)17-10-11-17/h2-9,17H,10-15H2,1H3. The SMILES string of the molecule is Cc1ccccc1-c1nnc2c3ccccc3nc(N3CCN(C(=O)C4CC4)CC3)n12. The van der Waals surface area contributed by atoms with E-state index in [4.69, 9.17) is 4.98 Å². The maximum atomic E-state index is 12.5. The van der Waals surface area contributed by atoms with Gasteiger partial charge < -0.3 is 9.80 Å². The number of hydrogen-bond acceptors (Lipinski definition) is 5. The highest BCUT2D eigenvalue weighted by Gasteiger charge is 2.35. The van der Waals surface area contributed by atoms with E-state index in [1.807, 2.05) is 41.3 Å². The topological polar surface area (TPSA) is 66.6 Å². The predicted molar refractivity (Wildman–Crippen MR) is 120 cm³/mol. The second kappa shape index (κ2) is 7.04. The fraction of sp³-hybridized carbons (Fsp3) is 0.333. The third-order valence-corrected chi connectivity index (χ3v) is 6.42. The molecule has 7 nitrogen and oxygen atoms in total. The van der Waals surface area contributed by atoms with Gasteiger partial charge in [-0.2, -0.15) is 0 Å². The molecule has 0 atom stereocenters. The average Bonchev–Trinajstić information content (AvgIpc) is 3.57. The molecule has 31 heavy (non-hydrogen) atoms. The zero-order chi connectivity index (χ0) is 20.9. The van der Waals surface area contributed by atoms with Crippen LogP contribution in [0.25, 0.3) is 27.9 Å². The molecule has 7 heteroatoms. The van der Waals surface area contributed by atoms with Gasteiger partial charge in [0.25, 0.3) is 0 Å². The van der Waals surface area contributed by atoms with Gasteiger partial charge in [0.05, 0.1) is 5.52 Å². The van der Waals surface area contributed by atoms with Crippen LogP contribution in [0.2, 0.25) is 0 Å². The van der Waals surface area contributed by atoms with Crippen molar-refractivity contribution in [1.82, 2.24) is 24.5 Å². The Hall–Kier alpha value is -3.48. The number of fused-ring (bicyclic) bond motifs is 3. The van der Waals surface area contributed by atoms with Crippen LogP contribution in [0.4, 0.5) is 5.95 Å². The van der Waals surface area contributed by atoms with E-state index in [2.05, 4.69) is 38.6 Å². The number of carbonyl (C=O) groups is 1. The fourth-order valence-corrected chi connectivity index (χ4v) is 4.49. The van der Waals surface area contributed by atoms with Gasteiger partial charge in [-0.3, -0.25) is 4.79 Å². The lowest BCUT2D eigenvalue weighted by Crippen LogP contribution is -2.50. The van der Waals surface area contributed by atoms with Crippen LogP contribution >= 0.6 is 0 Å². The Morgan fingerprint density at radius 1 is 0.935 bits per heavy atom. The molecule has 0 bridgehead atoms. The summed E-state index contributed by atoms with van der Waals surface area (Å²) >= 11 is 0. The molecule has 6 rings (SSSR count). The quantitative estimate of drug-likeness (QED) is 0.517. The van der Waals surface area contributed by atoms with Crippen molar-refractivity contribution in [3.05, 3.63) is 54.1 Å². The first-order valence-corrected chi connectivity index (χ1v) is 10.9. The third-order valence-electron chi connectivity index (χ3n) is 6.42. The number of nitrogens with zero attached hydrogens (tertiary/aromatic N) is 6. The number of para-hydroxylation sites is 1. The number of aryl methyl sites for hydroxylation is 1. The summed E-state index contributed by atoms with van der Waals surface area (Å²) in [5.74, 6) is 2.23. The molecule has 1 saturated carbocycles. The van der Waals surface area contributed by atoms with Crippen LogP contribution in [0, 0.1) is 12.8 Å². The van der Waals surface area contributed by atoms with Crippen molar-refractivity contribution in [2.24, 2.45) is 5.92 Å². The molecule has 1 saturated heterocycles. The minimum absolute atomic E-state index is 0.266. The lowest BCUT2D eigenvalue weighted by Gasteiger charge is -2.35. The maximum absolute atomic E-state index is 12.5. The number of benzene rings is 2. The number of carbonyl (C=O) groups excluding carboxylic acids is 1. The smallest absolute Gasteiger partial charge is 0.225 e. The first-order chi connectivity index (χ1) is 15.2. The van der Waals surface area contributed by atoms with Crippen molar-refractivity contribution in [2.45, 2.75) is 19.8 Å². The highest BCUT2D eigenvalue weighted by atomic mass is 16.2. The first-order valence-electron chi connectivity index (χ1n) is 10.9. The zero-order valence-electron chi connectivity index (χ0n) is 17.5. The van der Waals surface area contributed by atoms with E-state index < -0.39 is 0 Å². The van der Waals surface area contributed by atoms with Crippen molar-refractivity contribution >= 4 is 28.4 Å². The minimum Gasteiger partial charge on any atom is -0.339 e. The number of aromatic nitrogens is 4. The zero-order valence-corrected chi connectivity index (χ0v) is 17.5. The minimum atomic E-state index is 0.266. The Kier molecular flexibility index (Phi) is 4.16. The number of hydrogen-bond donors (Lipinski definition) is 0. The molecule has 0 radical (unpaired) electrons. The number of rotatable bonds is 3. The van der Waals surface area contributed by atoms with Crippen LogP contribution in [0.15, 0.2) is 48.5 Å². The Bertz CT molecular complexity index is 1300. The number of amides is 1. The Balaban J connectivity index is 1.47. The van der Waals surface area contributed by atoms with E-state index in [-0.39, 0.29) is 5.92 Å². The van der Waals surface area contributed by atoms with E-state index in [9.17, 15) is 4.79 Å². The molecule has 0 N–H and O–H groups in total. The first kappa shape index (κ1) is 18.3. The molecular formula is C24H24N6O. The molecule has 2 aliphatic rings. The highest BCUT2D eigenvalue weighted by Crippen LogP contribution is 2.33. The van der Waals surface area contributed by atoms with E-state index in [0.29, 0.717) is 5.91 Å². The monoisotopic (exact) mass is 412 g/mol. The van der Waals surface area contributed by atoms with Crippen molar-refractivity contribution in [1.29, 1.82) is 0 Å². The fourth-order valence-electron chi connectivity index (χ4n) is 4.49. The molecule has 1 amide bonds. The summed E-state index contributed by atoms with van der Waals surface area (Å²) in [5.41, 5.74) is 3.92. The molecule has 156 valence electrons. The molecule has 0 unspecified atom stereocenters. The van der Waals surface area contributed by atoms with Gasteiger partial charge in [-0.25, -0.2) is 9.38 Å². The summed E-state index contributed by atoms with van der Waals surface area (Å²) < 4.78 is 2.09.